The lowest BCUT2D eigenvalue weighted by Crippen LogP contribution is -2.55. The molecule has 2 aromatic carbocycles. The lowest BCUT2D eigenvalue weighted by atomic mass is 10.1. The van der Waals surface area contributed by atoms with E-state index in [0.717, 1.165) is 11.1 Å². The Morgan fingerprint density at radius 2 is 1.52 bits per heavy atom. The van der Waals surface area contributed by atoms with Gasteiger partial charge in [0, 0.05) is 26.2 Å². The lowest BCUT2D eigenvalue weighted by molar-refractivity contribution is -0.127. The molecular formula is C22H29N3O3S. The quantitative estimate of drug-likeness (QED) is 0.787. The number of carbonyl (C=O) groups excluding carboxylic acids is 1. The van der Waals surface area contributed by atoms with Crippen LogP contribution in [0.2, 0.25) is 0 Å². The third-order valence-electron chi connectivity index (χ3n) is 5.52. The molecule has 29 heavy (non-hydrogen) atoms. The van der Waals surface area contributed by atoms with Gasteiger partial charge in [-0.2, -0.15) is 4.31 Å². The number of piperazine rings is 1. The van der Waals surface area contributed by atoms with Crippen molar-refractivity contribution in [3.8, 4) is 0 Å². The fourth-order valence-electron chi connectivity index (χ4n) is 3.52. The van der Waals surface area contributed by atoms with E-state index in [2.05, 4.69) is 5.32 Å². The third kappa shape index (κ3) is 5.04. The van der Waals surface area contributed by atoms with E-state index in [1.165, 1.54) is 4.31 Å². The van der Waals surface area contributed by atoms with Crippen LogP contribution in [-0.2, 0) is 14.8 Å². The van der Waals surface area contributed by atoms with Gasteiger partial charge in [0.2, 0.25) is 15.9 Å². The SMILES string of the molecule is Cc1ccc(S(=O)(=O)N2CCN(C(C)C(=O)NC(C)c3ccccc3)CC2)cc1. The van der Waals surface area contributed by atoms with Gasteiger partial charge >= 0.3 is 0 Å². The summed E-state index contributed by atoms with van der Waals surface area (Å²) in [6.45, 7) is 7.58. The first-order valence-corrected chi connectivity index (χ1v) is 11.4. The second-order valence-electron chi connectivity index (χ2n) is 7.57. The first-order valence-electron chi connectivity index (χ1n) is 9.95. The van der Waals surface area contributed by atoms with Gasteiger partial charge in [0.05, 0.1) is 17.0 Å². The van der Waals surface area contributed by atoms with Crippen LogP contribution in [0.3, 0.4) is 0 Å². The Hall–Kier alpha value is -2.22. The number of rotatable bonds is 6. The van der Waals surface area contributed by atoms with Crippen molar-refractivity contribution in [2.75, 3.05) is 26.2 Å². The van der Waals surface area contributed by atoms with Crippen LogP contribution in [0.4, 0.5) is 0 Å². The zero-order valence-electron chi connectivity index (χ0n) is 17.2. The van der Waals surface area contributed by atoms with Crippen molar-refractivity contribution in [2.45, 2.75) is 37.8 Å². The molecule has 1 heterocycles. The van der Waals surface area contributed by atoms with Crippen molar-refractivity contribution in [1.82, 2.24) is 14.5 Å². The smallest absolute Gasteiger partial charge is 0.243 e. The maximum atomic E-state index is 12.8. The van der Waals surface area contributed by atoms with Gasteiger partial charge in [-0.25, -0.2) is 8.42 Å². The first-order chi connectivity index (χ1) is 13.8. The number of hydrogen-bond acceptors (Lipinski definition) is 4. The molecule has 1 aliphatic rings. The van der Waals surface area contributed by atoms with Gasteiger partial charge in [0.25, 0.3) is 0 Å². The molecule has 0 radical (unpaired) electrons. The highest BCUT2D eigenvalue weighted by Gasteiger charge is 2.32. The number of nitrogens with one attached hydrogen (secondary N) is 1. The van der Waals surface area contributed by atoms with E-state index in [1.54, 1.807) is 12.1 Å². The van der Waals surface area contributed by atoms with Crippen molar-refractivity contribution in [3.05, 3.63) is 65.7 Å². The number of nitrogens with zero attached hydrogens (tertiary/aromatic N) is 2. The summed E-state index contributed by atoms with van der Waals surface area (Å²) < 4.78 is 27.2. The predicted octanol–water partition coefficient (Wildman–Crippen LogP) is 2.57. The van der Waals surface area contributed by atoms with Gasteiger partial charge in [0.1, 0.15) is 0 Å². The number of aryl methyl sites for hydroxylation is 1. The highest BCUT2D eigenvalue weighted by molar-refractivity contribution is 7.89. The van der Waals surface area contributed by atoms with Gasteiger partial charge in [-0.1, -0.05) is 48.0 Å². The number of amides is 1. The fraction of sp³-hybridized carbons (Fsp3) is 0.409. The van der Waals surface area contributed by atoms with Crippen molar-refractivity contribution in [3.63, 3.8) is 0 Å². The van der Waals surface area contributed by atoms with Crippen LogP contribution in [0.15, 0.2) is 59.5 Å². The number of hydrogen-bond donors (Lipinski definition) is 1. The molecule has 7 heteroatoms. The first kappa shape index (κ1) is 21.5. The van der Waals surface area contributed by atoms with Gasteiger partial charge in [-0.15, -0.1) is 0 Å². The Morgan fingerprint density at radius 1 is 0.931 bits per heavy atom. The molecule has 0 saturated carbocycles. The second kappa shape index (κ2) is 9.07. The van der Waals surface area contributed by atoms with Crippen molar-refractivity contribution >= 4 is 15.9 Å². The molecule has 0 aromatic heterocycles. The summed E-state index contributed by atoms with van der Waals surface area (Å²) in [6, 6.07) is 16.4. The summed E-state index contributed by atoms with van der Waals surface area (Å²) in [7, 11) is -3.50. The van der Waals surface area contributed by atoms with Crippen LogP contribution in [0.1, 0.15) is 31.0 Å². The molecule has 1 N–H and O–H groups in total. The molecule has 0 bridgehead atoms. The average Bonchev–Trinajstić information content (AvgIpc) is 2.74. The van der Waals surface area contributed by atoms with Crippen LogP contribution >= 0.6 is 0 Å². The van der Waals surface area contributed by atoms with Gasteiger partial charge in [-0.3, -0.25) is 9.69 Å². The molecule has 2 aromatic rings. The summed E-state index contributed by atoms with van der Waals surface area (Å²) in [5, 5.41) is 3.05. The van der Waals surface area contributed by atoms with E-state index in [1.807, 2.05) is 68.1 Å². The minimum Gasteiger partial charge on any atom is -0.348 e. The van der Waals surface area contributed by atoms with E-state index in [0.29, 0.717) is 31.1 Å². The molecule has 0 aliphatic carbocycles. The summed E-state index contributed by atoms with van der Waals surface area (Å²) in [6.07, 6.45) is 0. The van der Waals surface area contributed by atoms with Gasteiger partial charge < -0.3 is 5.32 Å². The Kier molecular flexibility index (Phi) is 6.72. The summed E-state index contributed by atoms with van der Waals surface area (Å²) in [4.78, 5) is 15.0. The van der Waals surface area contributed by atoms with E-state index in [-0.39, 0.29) is 18.0 Å². The number of benzene rings is 2. The number of carbonyl (C=O) groups is 1. The summed E-state index contributed by atoms with van der Waals surface area (Å²) in [5.41, 5.74) is 2.08. The number of sulfonamides is 1. The van der Waals surface area contributed by atoms with Crippen LogP contribution in [0, 0.1) is 6.92 Å². The maximum Gasteiger partial charge on any atom is 0.243 e. The minimum atomic E-state index is -3.50. The van der Waals surface area contributed by atoms with Crippen molar-refractivity contribution < 1.29 is 13.2 Å². The Labute approximate surface area is 173 Å². The van der Waals surface area contributed by atoms with Crippen LogP contribution in [-0.4, -0.2) is 55.8 Å². The lowest BCUT2D eigenvalue weighted by Gasteiger charge is -2.37. The van der Waals surface area contributed by atoms with E-state index >= 15 is 0 Å². The molecule has 3 rings (SSSR count). The topological polar surface area (TPSA) is 69.7 Å². The Balaban J connectivity index is 1.57. The van der Waals surface area contributed by atoms with Gasteiger partial charge in [-0.05, 0) is 38.5 Å². The van der Waals surface area contributed by atoms with Crippen LogP contribution in [0.5, 0.6) is 0 Å². The maximum absolute atomic E-state index is 12.8. The van der Waals surface area contributed by atoms with Crippen LogP contribution in [0.25, 0.3) is 0 Å². The highest BCUT2D eigenvalue weighted by Crippen LogP contribution is 2.19. The Bertz CT molecular complexity index is 922. The standard InChI is InChI=1S/C22H29N3O3S/c1-17-9-11-21(12-10-17)29(27,28)25-15-13-24(14-16-25)19(3)22(26)23-18(2)20-7-5-4-6-8-20/h4-12,18-19H,13-16H2,1-3H3,(H,23,26). The van der Waals surface area contributed by atoms with Crippen LogP contribution < -0.4 is 5.32 Å². The highest BCUT2D eigenvalue weighted by atomic mass is 32.2. The molecule has 6 nitrogen and oxygen atoms in total. The monoisotopic (exact) mass is 415 g/mol. The molecule has 2 atom stereocenters. The summed E-state index contributed by atoms with van der Waals surface area (Å²) >= 11 is 0. The van der Waals surface area contributed by atoms with Gasteiger partial charge in [0.15, 0.2) is 0 Å². The Morgan fingerprint density at radius 3 is 2.10 bits per heavy atom. The van der Waals surface area contributed by atoms with Crippen molar-refractivity contribution in [2.24, 2.45) is 0 Å². The van der Waals surface area contributed by atoms with E-state index in [9.17, 15) is 13.2 Å². The normalized spacial score (nSPS) is 18.2. The molecule has 1 fully saturated rings. The average molecular weight is 416 g/mol. The van der Waals surface area contributed by atoms with E-state index < -0.39 is 10.0 Å². The fourth-order valence-corrected chi connectivity index (χ4v) is 4.94. The second-order valence-corrected chi connectivity index (χ2v) is 9.51. The zero-order chi connectivity index (χ0) is 21.0. The molecule has 1 saturated heterocycles. The largest absolute Gasteiger partial charge is 0.348 e. The third-order valence-corrected chi connectivity index (χ3v) is 7.43. The molecule has 156 valence electrons. The molecule has 1 amide bonds. The molecular weight excluding hydrogens is 386 g/mol. The van der Waals surface area contributed by atoms with E-state index in [4.69, 9.17) is 0 Å². The zero-order valence-corrected chi connectivity index (χ0v) is 18.0. The molecule has 1 aliphatic heterocycles. The summed E-state index contributed by atoms with van der Waals surface area (Å²) in [5.74, 6) is -0.0452. The van der Waals surface area contributed by atoms with Crippen molar-refractivity contribution in [1.29, 1.82) is 0 Å². The minimum absolute atomic E-state index is 0.0452. The predicted molar refractivity (Wildman–Crippen MR) is 114 cm³/mol. The molecule has 2 unspecified atom stereocenters. The molecule has 0 spiro atoms.